The Kier molecular flexibility index (Phi) is 8.14. The van der Waals surface area contributed by atoms with Gasteiger partial charge in [0, 0.05) is 36.6 Å². The third-order valence-corrected chi connectivity index (χ3v) is 7.92. The maximum absolute atomic E-state index is 14.7. The Morgan fingerprint density at radius 3 is 2.70 bits per heavy atom. The van der Waals surface area contributed by atoms with Crippen molar-refractivity contribution in [2.75, 3.05) is 39.3 Å². The van der Waals surface area contributed by atoms with Gasteiger partial charge in [0.1, 0.15) is 6.04 Å². The maximum Gasteiger partial charge on any atom is 0.376 e. The highest BCUT2D eigenvalue weighted by atomic mass is 32.1. The normalized spacial score (nSPS) is 18.8. The first-order chi connectivity index (χ1) is 20.4. The number of esters is 1. The number of carboxylic acids is 1. The fourth-order valence-electron chi connectivity index (χ4n) is 5.06. The van der Waals surface area contributed by atoms with Gasteiger partial charge in [0.15, 0.2) is 22.5 Å². The van der Waals surface area contributed by atoms with E-state index in [1.165, 1.54) is 29.2 Å². The van der Waals surface area contributed by atoms with Gasteiger partial charge in [-0.2, -0.15) is 8.78 Å². The van der Waals surface area contributed by atoms with Crippen molar-refractivity contribution in [1.82, 2.24) is 25.0 Å². The molecule has 1 aromatic heterocycles. The second-order valence-corrected chi connectivity index (χ2v) is 10.8. The zero-order valence-electron chi connectivity index (χ0n) is 22.9. The van der Waals surface area contributed by atoms with Crippen LogP contribution in [0.25, 0.3) is 0 Å². The monoisotopic (exact) mass is 622 g/mol. The van der Waals surface area contributed by atoms with E-state index < -0.39 is 48.1 Å². The fourth-order valence-corrected chi connectivity index (χ4v) is 5.65. The molecule has 3 aliphatic rings. The van der Waals surface area contributed by atoms with Crippen LogP contribution in [0.15, 0.2) is 51.9 Å². The second kappa shape index (κ2) is 11.7. The SMILES string of the molecule is CCOC(=O)C1=C(CN2C=C3CN(CC(F)(F)C(=O)O)C(=O)N3CC2)NC(c2nccs2)=NC1c1ccc(F)c(F)c1C. The first-order valence-electron chi connectivity index (χ1n) is 13.1. The highest BCUT2D eigenvalue weighted by molar-refractivity contribution is 7.11. The predicted molar refractivity (Wildman–Crippen MR) is 145 cm³/mol. The van der Waals surface area contributed by atoms with Gasteiger partial charge in [-0.05, 0) is 31.0 Å². The Morgan fingerprint density at radius 1 is 1.26 bits per heavy atom. The summed E-state index contributed by atoms with van der Waals surface area (Å²) in [6.45, 7) is 1.90. The van der Waals surface area contributed by atoms with E-state index in [2.05, 4.69) is 15.3 Å². The lowest BCUT2D eigenvalue weighted by Gasteiger charge is -2.34. The van der Waals surface area contributed by atoms with Crippen LogP contribution < -0.4 is 5.32 Å². The largest absolute Gasteiger partial charge is 0.477 e. The minimum atomic E-state index is -4.12. The molecule has 3 aliphatic heterocycles. The molecule has 1 atom stereocenters. The number of carbonyl (C=O) groups is 3. The minimum Gasteiger partial charge on any atom is -0.477 e. The van der Waals surface area contributed by atoms with Gasteiger partial charge in [-0.25, -0.2) is 28.1 Å². The van der Waals surface area contributed by atoms with Crippen molar-refractivity contribution >= 4 is 35.1 Å². The number of rotatable bonds is 9. The number of nitrogens with one attached hydrogen (secondary N) is 1. The van der Waals surface area contributed by atoms with E-state index in [1.54, 1.807) is 29.6 Å². The van der Waals surface area contributed by atoms with Crippen molar-refractivity contribution in [3.05, 3.63) is 74.6 Å². The molecule has 1 unspecified atom stereocenters. The first kappa shape index (κ1) is 30.0. The van der Waals surface area contributed by atoms with Crippen LogP contribution in [-0.4, -0.2) is 93.8 Å². The molecule has 11 nitrogen and oxygen atoms in total. The number of carbonyl (C=O) groups excluding carboxylic acids is 2. The van der Waals surface area contributed by atoms with E-state index in [9.17, 15) is 31.9 Å². The van der Waals surface area contributed by atoms with E-state index in [-0.39, 0.29) is 55.3 Å². The summed E-state index contributed by atoms with van der Waals surface area (Å²) < 4.78 is 61.8. The molecule has 4 heterocycles. The third kappa shape index (κ3) is 5.78. The molecule has 2 N–H and O–H groups in total. The van der Waals surface area contributed by atoms with Crippen LogP contribution in [0.3, 0.4) is 0 Å². The van der Waals surface area contributed by atoms with Crippen molar-refractivity contribution in [2.45, 2.75) is 25.8 Å². The van der Waals surface area contributed by atoms with E-state index in [0.29, 0.717) is 16.4 Å². The van der Waals surface area contributed by atoms with E-state index >= 15 is 0 Å². The Balaban J connectivity index is 1.52. The highest BCUT2D eigenvalue weighted by Gasteiger charge is 2.46. The van der Waals surface area contributed by atoms with Crippen LogP contribution in [0.1, 0.15) is 29.1 Å². The fraction of sp³-hybridized carbons (Fsp3) is 0.370. The average molecular weight is 623 g/mol. The summed E-state index contributed by atoms with van der Waals surface area (Å²) in [5, 5.41) is 14.1. The molecule has 43 heavy (non-hydrogen) atoms. The van der Waals surface area contributed by atoms with Gasteiger partial charge in [0.25, 0.3) is 0 Å². The minimum absolute atomic E-state index is 0.0315. The number of urea groups is 1. The summed E-state index contributed by atoms with van der Waals surface area (Å²) in [6, 6.07) is 0.498. The Morgan fingerprint density at radius 2 is 2.02 bits per heavy atom. The van der Waals surface area contributed by atoms with Crippen LogP contribution in [0.2, 0.25) is 0 Å². The molecule has 2 aromatic rings. The van der Waals surface area contributed by atoms with Gasteiger partial charge in [-0.15, -0.1) is 11.3 Å². The summed E-state index contributed by atoms with van der Waals surface area (Å²) >= 11 is 1.27. The number of carboxylic acid groups (broad SMARTS) is 1. The summed E-state index contributed by atoms with van der Waals surface area (Å²) in [7, 11) is 0. The second-order valence-electron chi connectivity index (χ2n) is 9.92. The van der Waals surface area contributed by atoms with Crippen molar-refractivity contribution in [3.8, 4) is 0 Å². The number of aliphatic imine (C=N–C) groups is 1. The maximum atomic E-state index is 14.7. The molecule has 228 valence electrons. The number of hydrogen-bond donors (Lipinski definition) is 2. The van der Waals surface area contributed by atoms with Crippen LogP contribution in [-0.2, 0) is 14.3 Å². The number of aromatic nitrogens is 1. The van der Waals surface area contributed by atoms with E-state index in [0.717, 1.165) is 11.0 Å². The molecule has 1 saturated heterocycles. The quantitative estimate of drug-likeness (QED) is 0.323. The molecule has 1 aromatic carbocycles. The van der Waals surface area contributed by atoms with Crippen molar-refractivity contribution in [3.63, 3.8) is 0 Å². The molecule has 0 saturated carbocycles. The number of halogens is 4. The zero-order chi connectivity index (χ0) is 31.1. The third-order valence-electron chi connectivity index (χ3n) is 7.14. The van der Waals surface area contributed by atoms with Crippen LogP contribution in [0.5, 0.6) is 0 Å². The lowest BCUT2D eigenvalue weighted by molar-refractivity contribution is -0.166. The molecule has 0 spiro atoms. The van der Waals surface area contributed by atoms with Gasteiger partial charge < -0.3 is 25.0 Å². The standard InChI is InChI=1S/C27H26F4N6O5S/c1-3-42-24(38)19-18(12-35-7-8-37-15(10-35)11-36(26(37)41)13-27(30,31)25(39)40)33-22(23-32-6-9-43-23)34-21(19)16-4-5-17(28)20(29)14(16)2/h4-6,9-10,21H,3,7-8,11-13H2,1-2H3,(H,33,34)(H,39,40). The summed E-state index contributed by atoms with van der Waals surface area (Å²) in [4.78, 5) is 49.7. The Hall–Kier alpha value is -4.47. The van der Waals surface area contributed by atoms with E-state index in [1.807, 2.05) is 0 Å². The summed E-state index contributed by atoms with van der Waals surface area (Å²) in [5.41, 5.74) is 0.968. The smallest absolute Gasteiger partial charge is 0.376 e. The van der Waals surface area contributed by atoms with Gasteiger partial charge in [0.05, 0.1) is 37.5 Å². The zero-order valence-corrected chi connectivity index (χ0v) is 23.8. The number of aliphatic carboxylic acids is 1. The van der Waals surface area contributed by atoms with Gasteiger partial charge >= 0.3 is 23.9 Å². The molecule has 0 bridgehead atoms. The number of benzene rings is 1. The molecule has 0 aliphatic carbocycles. The molecule has 16 heteroatoms. The number of fused-ring (bicyclic) bond motifs is 1. The Bertz CT molecular complexity index is 1560. The molecular weight excluding hydrogens is 596 g/mol. The molecule has 1 fully saturated rings. The number of alkyl halides is 2. The predicted octanol–water partition coefficient (Wildman–Crippen LogP) is 3.25. The summed E-state index contributed by atoms with van der Waals surface area (Å²) in [5.74, 6) is -9.01. The lowest BCUT2D eigenvalue weighted by atomic mass is 9.92. The van der Waals surface area contributed by atoms with Crippen molar-refractivity contribution < 1.29 is 41.8 Å². The number of amidine groups is 1. The number of hydrogen-bond acceptors (Lipinski definition) is 9. The average Bonchev–Trinajstić information content (AvgIpc) is 3.60. The number of thiazole rings is 1. The van der Waals surface area contributed by atoms with Gasteiger partial charge in [0.2, 0.25) is 0 Å². The molecule has 0 radical (unpaired) electrons. The molecule has 5 rings (SSSR count). The Labute approximate surface area is 246 Å². The van der Waals surface area contributed by atoms with E-state index in [4.69, 9.17) is 9.84 Å². The van der Waals surface area contributed by atoms with Gasteiger partial charge in [-0.3, -0.25) is 9.89 Å². The van der Waals surface area contributed by atoms with Crippen molar-refractivity contribution in [1.29, 1.82) is 0 Å². The number of amides is 2. The van der Waals surface area contributed by atoms with Gasteiger partial charge in [-0.1, -0.05) is 6.07 Å². The molecule has 2 amide bonds. The number of ether oxygens (including phenoxy) is 1. The first-order valence-corrected chi connectivity index (χ1v) is 14.0. The van der Waals surface area contributed by atoms with Crippen molar-refractivity contribution in [2.24, 2.45) is 4.99 Å². The van der Waals surface area contributed by atoms with Crippen LogP contribution in [0, 0.1) is 18.6 Å². The summed E-state index contributed by atoms with van der Waals surface area (Å²) in [6.07, 6.45) is 3.14. The van der Waals surface area contributed by atoms with Crippen LogP contribution in [0.4, 0.5) is 22.4 Å². The highest BCUT2D eigenvalue weighted by Crippen LogP contribution is 2.36. The lowest BCUT2D eigenvalue weighted by Crippen LogP contribution is -2.45. The molecular formula is C27H26F4N6O5S. The number of nitrogens with zero attached hydrogens (tertiary/aromatic N) is 5. The topological polar surface area (TPSA) is 128 Å². The van der Waals surface area contributed by atoms with Crippen LogP contribution >= 0.6 is 11.3 Å².